The number of nitrogens with zero attached hydrogens (tertiary/aromatic N) is 1. The molecule has 18 heavy (non-hydrogen) atoms. The minimum absolute atomic E-state index is 0.342. The highest BCUT2D eigenvalue weighted by Crippen LogP contribution is 2.33. The van der Waals surface area contributed by atoms with E-state index in [4.69, 9.17) is 16.2 Å². The van der Waals surface area contributed by atoms with Crippen molar-refractivity contribution in [3.8, 4) is 0 Å². The number of benzene rings is 1. The summed E-state index contributed by atoms with van der Waals surface area (Å²) in [7, 11) is 1.73. The summed E-state index contributed by atoms with van der Waals surface area (Å²) in [5.41, 5.74) is 13.5. The van der Waals surface area contributed by atoms with E-state index in [1.165, 1.54) is 0 Å². The molecule has 0 atom stereocenters. The minimum atomic E-state index is 0.342. The van der Waals surface area contributed by atoms with E-state index in [0.717, 1.165) is 24.2 Å². The first-order valence-corrected chi connectivity index (χ1v) is 6.08. The summed E-state index contributed by atoms with van der Waals surface area (Å²) >= 11 is 0. The largest absolute Gasteiger partial charge is 0.402 e. The third kappa shape index (κ3) is 3.11. The monoisotopic (exact) mass is 245 g/mol. The molecule has 4 nitrogen and oxygen atoms in total. The zero-order valence-electron chi connectivity index (χ0n) is 10.5. The van der Waals surface area contributed by atoms with E-state index in [1.807, 2.05) is 30.3 Å². The van der Waals surface area contributed by atoms with Crippen molar-refractivity contribution in [2.24, 2.45) is 22.4 Å². The Bertz CT molecular complexity index is 447. The van der Waals surface area contributed by atoms with Crippen LogP contribution in [-0.4, -0.2) is 19.0 Å². The average Bonchev–Trinajstić information content (AvgIpc) is 2.28. The van der Waals surface area contributed by atoms with Crippen LogP contribution in [-0.2, 0) is 4.74 Å². The highest BCUT2D eigenvalue weighted by molar-refractivity contribution is 5.93. The molecule has 1 fully saturated rings. The molecule has 0 amide bonds. The molecule has 0 saturated heterocycles. The van der Waals surface area contributed by atoms with Crippen molar-refractivity contribution in [1.29, 1.82) is 0 Å². The molecule has 96 valence electrons. The first-order chi connectivity index (χ1) is 8.69. The molecule has 0 heterocycles. The fraction of sp³-hybridized carbons (Fsp3) is 0.357. The van der Waals surface area contributed by atoms with Crippen LogP contribution in [0.1, 0.15) is 12.8 Å². The number of hydrogen-bond acceptors (Lipinski definition) is 3. The van der Waals surface area contributed by atoms with E-state index in [9.17, 15) is 0 Å². The van der Waals surface area contributed by atoms with Gasteiger partial charge in [0.15, 0.2) is 0 Å². The number of para-hydroxylation sites is 1. The summed E-state index contributed by atoms with van der Waals surface area (Å²) in [5, 5.41) is 0. The van der Waals surface area contributed by atoms with Crippen molar-refractivity contribution in [3.63, 3.8) is 0 Å². The van der Waals surface area contributed by atoms with Gasteiger partial charge in [-0.15, -0.1) is 0 Å². The Kier molecular flexibility index (Phi) is 3.99. The number of ether oxygens (including phenoxy) is 1. The van der Waals surface area contributed by atoms with E-state index in [-0.39, 0.29) is 0 Å². The molecule has 2 rings (SSSR count). The third-order valence-electron chi connectivity index (χ3n) is 3.23. The van der Waals surface area contributed by atoms with Crippen LogP contribution in [0.2, 0.25) is 0 Å². The van der Waals surface area contributed by atoms with Crippen LogP contribution in [0, 0.1) is 5.92 Å². The van der Waals surface area contributed by atoms with E-state index < -0.39 is 0 Å². The molecule has 1 aromatic carbocycles. The van der Waals surface area contributed by atoms with Crippen molar-refractivity contribution in [2.45, 2.75) is 18.9 Å². The highest BCUT2D eigenvalue weighted by atomic mass is 16.5. The first kappa shape index (κ1) is 12.6. The molecule has 4 N–H and O–H groups in total. The summed E-state index contributed by atoms with van der Waals surface area (Å²) in [4.78, 5) is 4.29. The van der Waals surface area contributed by atoms with E-state index in [2.05, 4.69) is 4.99 Å². The van der Waals surface area contributed by atoms with Gasteiger partial charge < -0.3 is 16.2 Å². The Labute approximate surface area is 107 Å². The van der Waals surface area contributed by atoms with Crippen molar-refractivity contribution >= 4 is 11.5 Å². The maximum Gasteiger partial charge on any atom is 0.125 e. The van der Waals surface area contributed by atoms with Gasteiger partial charge in [0, 0.05) is 18.7 Å². The van der Waals surface area contributed by atoms with Gasteiger partial charge in [-0.05, 0) is 31.1 Å². The van der Waals surface area contributed by atoms with Crippen molar-refractivity contribution in [3.05, 3.63) is 42.1 Å². The fourth-order valence-electron chi connectivity index (χ4n) is 2.00. The lowest BCUT2D eigenvalue weighted by atomic mass is 9.80. The van der Waals surface area contributed by atoms with Crippen LogP contribution < -0.4 is 11.5 Å². The molecule has 1 aromatic rings. The number of amidine groups is 1. The summed E-state index contributed by atoms with van der Waals surface area (Å²) in [6, 6.07) is 9.60. The van der Waals surface area contributed by atoms with Gasteiger partial charge in [-0.25, -0.2) is 4.99 Å². The number of aliphatic imine (C=N–C) groups is 1. The Hall–Kier alpha value is -1.81. The maximum atomic E-state index is 6.00. The molecule has 1 saturated carbocycles. The van der Waals surface area contributed by atoms with Crippen LogP contribution in [0.4, 0.5) is 5.69 Å². The standard InChI is InChI=1S/C14H19N3O/c1-18-12-7-10(8-12)13(15)9-14(16)17-11-5-3-2-4-6-11/h2-6,9-10,12H,7-8,15H2,1H3,(H2,16,17). The van der Waals surface area contributed by atoms with Crippen LogP contribution >= 0.6 is 0 Å². The van der Waals surface area contributed by atoms with Gasteiger partial charge >= 0.3 is 0 Å². The Balaban J connectivity index is 1.98. The molecule has 0 aliphatic heterocycles. The van der Waals surface area contributed by atoms with Crippen LogP contribution in [0.3, 0.4) is 0 Å². The van der Waals surface area contributed by atoms with Gasteiger partial charge in [0.25, 0.3) is 0 Å². The summed E-state index contributed by atoms with van der Waals surface area (Å²) in [5.74, 6) is 0.819. The van der Waals surface area contributed by atoms with E-state index in [1.54, 1.807) is 13.2 Å². The second-order valence-electron chi connectivity index (χ2n) is 4.54. The summed E-state index contributed by atoms with van der Waals surface area (Å²) in [6.45, 7) is 0. The quantitative estimate of drug-likeness (QED) is 0.629. The minimum Gasteiger partial charge on any atom is -0.402 e. The fourth-order valence-corrected chi connectivity index (χ4v) is 2.00. The maximum absolute atomic E-state index is 6.00. The lowest BCUT2D eigenvalue weighted by Crippen LogP contribution is -2.34. The first-order valence-electron chi connectivity index (χ1n) is 6.08. The van der Waals surface area contributed by atoms with Gasteiger partial charge in [0.05, 0.1) is 11.8 Å². The van der Waals surface area contributed by atoms with Gasteiger partial charge in [-0.1, -0.05) is 18.2 Å². The van der Waals surface area contributed by atoms with Crippen molar-refractivity contribution < 1.29 is 4.74 Å². The van der Waals surface area contributed by atoms with Crippen molar-refractivity contribution in [1.82, 2.24) is 0 Å². The molecular weight excluding hydrogens is 226 g/mol. The SMILES string of the molecule is COC1CC(C(N)=CC(N)=Nc2ccccc2)C1. The number of hydrogen-bond donors (Lipinski definition) is 2. The topological polar surface area (TPSA) is 73.6 Å². The molecule has 4 heteroatoms. The van der Waals surface area contributed by atoms with Crippen LogP contribution in [0.15, 0.2) is 47.1 Å². The van der Waals surface area contributed by atoms with Gasteiger partial charge in [0.1, 0.15) is 5.84 Å². The second kappa shape index (κ2) is 5.69. The molecule has 0 radical (unpaired) electrons. The smallest absolute Gasteiger partial charge is 0.125 e. The van der Waals surface area contributed by atoms with Gasteiger partial charge in [-0.3, -0.25) is 0 Å². The number of allylic oxidation sites excluding steroid dienone is 1. The van der Waals surface area contributed by atoms with E-state index in [0.29, 0.717) is 17.9 Å². The molecule has 0 unspecified atom stereocenters. The van der Waals surface area contributed by atoms with Crippen molar-refractivity contribution in [2.75, 3.05) is 7.11 Å². The Morgan fingerprint density at radius 2 is 1.94 bits per heavy atom. The molecule has 1 aliphatic carbocycles. The number of methoxy groups -OCH3 is 1. The van der Waals surface area contributed by atoms with Crippen LogP contribution in [0.5, 0.6) is 0 Å². The molecule has 0 bridgehead atoms. The summed E-state index contributed by atoms with van der Waals surface area (Å²) in [6.07, 6.45) is 4.03. The lowest BCUT2D eigenvalue weighted by molar-refractivity contribution is 0.0126. The predicted molar refractivity (Wildman–Crippen MR) is 73.5 cm³/mol. The molecular formula is C14H19N3O. The van der Waals surface area contributed by atoms with Gasteiger partial charge in [-0.2, -0.15) is 0 Å². The van der Waals surface area contributed by atoms with Gasteiger partial charge in [0.2, 0.25) is 0 Å². The lowest BCUT2D eigenvalue weighted by Gasteiger charge is -2.34. The van der Waals surface area contributed by atoms with Crippen LogP contribution in [0.25, 0.3) is 0 Å². The highest BCUT2D eigenvalue weighted by Gasteiger charge is 2.30. The zero-order valence-corrected chi connectivity index (χ0v) is 10.5. The summed E-state index contributed by atoms with van der Waals surface area (Å²) < 4.78 is 5.22. The average molecular weight is 245 g/mol. The number of nitrogens with two attached hydrogens (primary N) is 2. The number of rotatable bonds is 4. The predicted octanol–water partition coefficient (Wildman–Crippen LogP) is 1.94. The normalized spacial score (nSPS) is 24.7. The second-order valence-corrected chi connectivity index (χ2v) is 4.54. The molecule has 0 spiro atoms. The Morgan fingerprint density at radius 3 is 2.56 bits per heavy atom. The molecule has 0 aromatic heterocycles. The Morgan fingerprint density at radius 1 is 1.28 bits per heavy atom. The third-order valence-corrected chi connectivity index (χ3v) is 3.23. The van der Waals surface area contributed by atoms with E-state index >= 15 is 0 Å². The zero-order chi connectivity index (χ0) is 13.0. The molecule has 1 aliphatic rings.